The lowest BCUT2D eigenvalue weighted by molar-refractivity contribution is 0.219. The van der Waals surface area contributed by atoms with Crippen molar-refractivity contribution in [2.75, 3.05) is 20.8 Å². The quantitative estimate of drug-likeness (QED) is 0.867. The second-order valence-corrected chi connectivity index (χ2v) is 4.52. The first-order chi connectivity index (χ1) is 8.85. The van der Waals surface area contributed by atoms with Gasteiger partial charge in [0.2, 0.25) is 0 Å². The van der Waals surface area contributed by atoms with Crippen molar-refractivity contribution in [3.8, 4) is 5.75 Å². The number of benzene rings is 1. The fraction of sp³-hybridized carbons (Fsp3) is 0.467. The molecule has 0 aliphatic carbocycles. The molecule has 1 unspecified atom stereocenters. The number of para-hydroxylation sites is 1. The van der Waals surface area contributed by atoms with E-state index in [9.17, 15) is 0 Å². The van der Waals surface area contributed by atoms with Crippen LogP contribution < -0.4 is 10.1 Å². The summed E-state index contributed by atoms with van der Waals surface area (Å²) < 4.78 is 10.8. The third kappa shape index (κ3) is 3.05. The fourth-order valence-corrected chi connectivity index (χ4v) is 2.35. The van der Waals surface area contributed by atoms with Crippen molar-refractivity contribution in [1.29, 1.82) is 0 Å². The van der Waals surface area contributed by atoms with Crippen molar-refractivity contribution in [2.24, 2.45) is 0 Å². The maximum atomic E-state index is 5.43. The van der Waals surface area contributed by atoms with E-state index in [2.05, 4.69) is 17.4 Å². The van der Waals surface area contributed by atoms with Crippen LogP contribution in [0.15, 0.2) is 36.1 Å². The van der Waals surface area contributed by atoms with Gasteiger partial charge in [-0.15, -0.1) is 0 Å². The summed E-state index contributed by atoms with van der Waals surface area (Å²) >= 11 is 0. The molecule has 1 N–H and O–H groups in total. The molecule has 18 heavy (non-hydrogen) atoms. The van der Waals surface area contributed by atoms with Gasteiger partial charge in [-0.05, 0) is 43.5 Å². The molecule has 1 aliphatic heterocycles. The second kappa shape index (κ2) is 6.45. The Hall–Kier alpha value is -1.48. The van der Waals surface area contributed by atoms with Crippen molar-refractivity contribution in [3.63, 3.8) is 0 Å². The molecule has 1 aliphatic rings. The van der Waals surface area contributed by atoms with Gasteiger partial charge >= 0.3 is 0 Å². The van der Waals surface area contributed by atoms with Gasteiger partial charge in [-0.25, -0.2) is 0 Å². The molecular formula is C15H21NO2. The van der Waals surface area contributed by atoms with Crippen molar-refractivity contribution in [1.82, 2.24) is 5.32 Å². The minimum atomic E-state index is 0.321. The van der Waals surface area contributed by atoms with Crippen LogP contribution in [0.3, 0.4) is 0 Å². The number of likely N-dealkylation sites (N-methyl/N-ethyl adjacent to an activating group) is 1. The van der Waals surface area contributed by atoms with Gasteiger partial charge in [-0.2, -0.15) is 0 Å². The topological polar surface area (TPSA) is 30.5 Å². The monoisotopic (exact) mass is 247 g/mol. The Morgan fingerprint density at radius 1 is 1.39 bits per heavy atom. The zero-order chi connectivity index (χ0) is 12.8. The Kier molecular flexibility index (Phi) is 4.65. The van der Waals surface area contributed by atoms with Gasteiger partial charge in [0, 0.05) is 6.04 Å². The lowest BCUT2D eigenvalue weighted by Gasteiger charge is -2.23. The van der Waals surface area contributed by atoms with Gasteiger partial charge in [0.1, 0.15) is 5.75 Å². The first kappa shape index (κ1) is 13.0. The van der Waals surface area contributed by atoms with Gasteiger partial charge < -0.3 is 14.8 Å². The molecule has 0 bridgehead atoms. The third-order valence-electron chi connectivity index (χ3n) is 3.37. The first-order valence-corrected chi connectivity index (χ1v) is 6.45. The smallest absolute Gasteiger partial charge is 0.122 e. The molecule has 3 heteroatoms. The predicted octanol–water partition coefficient (Wildman–Crippen LogP) is 2.52. The van der Waals surface area contributed by atoms with E-state index in [4.69, 9.17) is 9.47 Å². The summed E-state index contributed by atoms with van der Waals surface area (Å²) in [5, 5.41) is 3.37. The maximum Gasteiger partial charge on any atom is 0.122 e. The number of hydrogen-bond acceptors (Lipinski definition) is 3. The van der Waals surface area contributed by atoms with Crippen molar-refractivity contribution >= 4 is 0 Å². The zero-order valence-corrected chi connectivity index (χ0v) is 11.1. The van der Waals surface area contributed by atoms with Gasteiger partial charge in [0.25, 0.3) is 0 Å². The normalized spacial score (nSPS) is 16.7. The summed E-state index contributed by atoms with van der Waals surface area (Å²) in [6.07, 6.45) is 5.06. The summed E-state index contributed by atoms with van der Waals surface area (Å²) in [6.45, 7) is 0.842. The van der Waals surface area contributed by atoms with Crippen molar-refractivity contribution in [3.05, 3.63) is 41.7 Å². The minimum absolute atomic E-state index is 0.321. The van der Waals surface area contributed by atoms with Crippen LogP contribution in [0.2, 0.25) is 0 Å². The maximum absolute atomic E-state index is 5.43. The van der Waals surface area contributed by atoms with Gasteiger partial charge in [0.15, 0.2) is 0 Å². The molecule has 98 valence electrons. The highest BCUT2D eigenvalue weighted by molar-refractivity contribution is 5.35. The molecule has 0 fully saturated rings. The molecule has 0 saturated carbocycles. The van der Waals surface area contributed by atoms with Crippen LogP contribution in [-0.4, -0.2) is 26.8 Å². The zero-order valence-electron chi connectivity index (χ0n) is 11.1. The number of nitrogens with one attached hydrogen (secondary N) is 1. The van der Waals surface area contributed by atoms with Crippen LogP contribution in [-0.2, 0) is 11.2 Å². The number of rotatable bonds is 5. The molecule has 0 amide bonds. The van der Waals surface area contributed by atoms with Crippen LogP contribution in [0.25, 0.3) is 0 Å². The van der Waals surface area contributed by atoms with Crippen LogP contribution in [0, 0.1) is 0 Å². The molecular weight excluding hydrogens is 226 g/mol. The van der Waals surface area contributed by atoms with E-state index in [1.54, 1.807) is 7.11 Å². The highest BCUT2D eigenvalue weighted by atomic mass is 16.5. The number of methoxy groups -OCH3 is 1. The second-order valence-electron chi connectivity index (χ2n) is 4.52. The highest BCUT2D eigenvalue weighted by Crippen LogP contribution is 2.23. The Bertz CT molecular complexity index is 415. The largest absolute Gasteiger partial charge is 0.501 e. The van der Waals surface area contributed by atoms with E-state index >= 15 is 0 Å². The molecule has 0 radical (unpaired) electrons. The SMILES string of the molecule is CNC(Cc1ccccc1OC)C1=COCCC1. The lowest BCUT2D eigenvalue weighted by atomic mass is 9.95. The molecule has 1 heterocycles. The van der Waals surface area contributed by atoms with E-state index in [1.807, 2.05) is 25.4 Å². The van der Waals surface area contributed by atoms with Gasteiger partial charge in [-0.3, -0.25) is 0 Å². The molecule has 2 rings (SSSR count). The average molecular weight is 247 g/mol. The Morgan fingerprint density at radius 3 is 2.89 bits per heavy atom. The number of ether oxygens (including phenoxy) is 2. The van der Waals surface area contributed by atoms with E-state index in [0.717, 1.165) is 31.6 Å². The molecule has 0 spiro atoms. The van der Waals surface area contributed by atoms with Crippen molar-refractivity contribution < 1.29 is 9.47 Å². The van der Waals surface area contributed by atoms with Crippen LogP contribution in [0.4, 0.5) is 0 Å². The molecule has 3 nitrogen and oxygen atoms in total. The summed E-state index contributed by atoms with van der Waals surface area (Å²) in [5.74, 6) is 0.954. The average Bonchev–Trinajstić information content (AvgIpc) is 2.46. The van der Waals surface area contributed by atoms with Crippen LogP contribution in [0.5, 0.6) is 5.75 Å². The van der Waals surface area contributed by atoms with E-state index in [0.29, 0.717) is 6.04 Å². The Morgan fingerprint density at radius 2 is 2.22 bits per heavy atom. The van der Waals surface area contributed by atoms with Gasteiger partial charge in [-0.1, -0.05) is 18.2 Å². The first-order valence-electron chi connectivity index (χ1n) is 6.45. The Balaban J connectivity index is 2.12. The number of hydrogen-bond donors (Lipinski definition) is 1. The predicted molar refractivity (Wildman–Crippen MR) is 72.8 cm³/mol. The van der Waals surface area contributed by atoms with Crippen LogP contribution >= 0.6 is 0 Å². The van der Waals surface area contributed by atoms with Gasteiger partial charge in [0.05, 0.1) is 20.0 Å². The molecule has 0 aromatic heterocycles. The molecule has 0 saturated heterocycles. The van der Waals surface area contributed by atoms with E-state index in [-0.39, 0.29) is 0 Å². The van der Waals surface area contributed by atoms with E-state index in [1.165, 1.54) is 11.1 Å². The standard InChI is InChI=1S/C15H21NO2/c1-16-14(13-7-5-9-18-11-13)10-12-6-3-4-8-15(12)17-2/h3-4,6,8,11,14,16H,5,7,9-10H2,1-2H3. The summed E-state index contributed by atoms with van der Waals surface area (Å²) in [5.41, 5.74) is 2.57. The summed E-state index contributed by atoms with van der Waals surface area (Å²) in [7, 11) is 3.71. The lowest BCUT2D eigenvalue weighted by Crippen LogP contribution is -2.31. The van der Waals surface area contributed by atoms with Crippen LogP contribution in [0.1, 0.15) is 18.4 Å². The molecule has 1 atom stereocenters. The Labute approximate surface area is 109 Å². The summed E-state index contributed by atoms with van der Waals surface area (Å²) in [6, 6.07) is 8.50. The third-order valence-corrected chi connectivity index (χ3v) is 3.37. The highest BCUT2D eigenvalue weighted by Gasteiger charge is 2.17. The van der Waals surface area contributed by atoms with Crippen molar-refractivity contribution in [2.45, 2.75) is 25.3 Å². The molecule has 1 aromatic carbocycles. The van der Waals surface area contributed by atoms with E-state index < -0.39 is 0 Å². The molecule has 1 aromatic rings. The fourth-order valence-electron chi connectivity index (χ4n) is 2.35. The summed E-state index contributed by atoms with van der Waals surface area (Å²) in [4.78, 5) is 0. The minimum Gasteiger partial charge on any atom is -0.501 e.